The standard InChI is InChI=1S/C16H10Cl4F4O2/c17-10-5-4-9(6-12(10)19)25-8-15(21,22)7-16(23,24)26-13-3-1-2-11(18)14(13)20/h1-6H,7-8H2. The van der Waals surface area contributed by atoms with Crippen molar-refractivity contribution in [1.29, 1.82) is 0 Å². The second kappa shape index (κ2) is 8.30. The summed E-state index contributed by atoms with van der Waals surface area (Å²) in [6, 6.07) is 7.54. The fourth-order valence-electron chi connectivity index (χ4n) is 1.87. The first-order valence-corrected chi connectivity index (χ1v) is 8.47. The Balaban J connectivity index is 2.01. The summed E-state index contributed by atoms with van der Waals surface area (Å²) in [4.78, 5) is 0. The average molecular weight is 452 g/mol. The van der Waals surface area contributed by atoms with Crippen LogP contribution in [0.4, 0.5) is 17.6 Å². The van der Waals surface area contributed by atoms with Crippen LogP contribution in [-0.2, 0) is 0 Å². The molecule has 0 atom stereocenters. The number of benzene rings is 2. The Morgan fingerprint density at radius 3 is 2.19 bits per heavy atom. The van der Waals surface area contributed by atoms with Crippen molar-refractivity contribution in [2.24, 2.45) is 0 Å². The molecule has 0 spiro atoms. The van der Waals surface area contributed by atoms with Gasteiger partial charge in [-0.3, -0.25) is 0 Å². The third-order valence-corrected chi connectivity index (χ3v) is 4.52. The minimum atomic E-state index is -4.21. The molecular weight excluding hydrogens is 442 g/mol. The van der Waals surface area contributed by atoms with Crippen molar-refractivity contribution >= 4 is 46.4 Å². The summed E-state index contributed by atoms with van der Waals surface area (Å²) in [5.41, 5.74) is 0. The molecular formula is C16H10Cl4F4O2. The molecule has 0 aliphatic carbocycles. The smallest absolute Gasteiger partial charge is 0.403 e. The van der Waals surface area contributed by atoms with Gasteiger partial charge in [-0.1, -0.05) is 52.5 Å². The zero-order chi connectivity index (χ0) is 19.5. The van der Waals surface area contributed by atoms with Crippen molar-refractivity contribution < 1.29 is 27.0 Å². The third kappa shape index (κ3) is 5.98. The summed E-state index contributed by atoms with van der Waals surface area (Å²) in [6.45, 7) is -1.31. The maximum atomic E-state index is 13.9. The molecule has 2 aromatic carbocycles. The molecule has 2 aromatic rings. The Labute approximate surface area is 166 Å². The summed E-state index contributed by atoms with van der Waals surface area (Å²) >= 11 is 22.8. The highest BCUT2D eigenvalue weighted by Gasteiger charge is 2.46. The summed E-state index contributed by atoms with van der Waals surface area (Å²) < 4.78 is 64.6. The van der Waals surface area contributed by atoms with E-state index in [1.54, 1.807) is 0 Å². The first-order valence-electron chi connectivity index (χ1n) is 6.96. The predicted octanol–water partition coefficient (Wildman–Crippen LogP) is 7.38. The van der Waals surface area contributed by atoms with E-state index < -0.39 is 30.8 Å². The molecule has 2 rings (SSSR count). The number of hydrogen-bond acceptors (Lipinski definition) is 2. The number of ether oxygens (including phenoxy) is 2. The van der Waals surface area contributed by atoms with E-state index in [9.17, 15) is 17.6 Å². The van der Waals surface area contributed by atoms with E-state index in [0.717, 1.165) is 6.07 Å². The van der Waals surface area contributed by atoms with Gasteiger partial charge in [0, 0.05) is 6.07 Å². The summed E-state index contributed by atoms with van der Waals surface area (Å²) in [7, 11) is 0. The average Bonchev–Trinajstić information content (AvgIpc) is 2.52. The van der Waals surface area contributed by atoms with Gasteiger partial charge >= 0.3 is 6.11 Å². The van der Waals surface area contributed by atoms with Gasteiger partial charge in [0.05, 0.1) is 15.1 Å². The molecule has 0 fully saturated rings. The minimum Gasteiger partial charge on any atom is -0.487 e. The molecule has 0 heterocycles. The number of hydrogen-bond donors (Lipinski definition) is 0. The van der Waals surface area contributed by atoms with Crippen LogP contribution in [0, 0.1) is 0 Å². The molecule has 0 aliphatic heterocycles. The van der Waals surface area contributed by atoms with Crippen molar-refractivity contribution in [2.75, 3.05) is 6.61 Å². The van der Waals surface area contributed by atoms with Crippen LogP contribution in [0.25, 0.3) is 0 Å². The van der Waals surface area contributed by atoms with Gasteiger partial charge in [-0.25, -0.2) is 8.78 Å². The lowest BCUT2D eigenvalue weighted by Crippen LogP contribution is -2.37. The lowest BCUT2D eigenvalue weighted by Gasteiger charge is -2.24. The van der Waals surface area contributed by atoms with Crippen LogP contribution in [0.3, 0.4) is 0 Å². The Kier molecular flexibility index (Phi) is 6.77. The molecule has 0 N–H and O–H groups in total. The molecule has 0 amide bonds. The second-order valence-electron chi connectivity index (χ2n) is 5.19. The number of halogens is 8. The van der Waals surface area contributed by atoms with Gasteiger partial charge < -0.3 is 9.47 Å². The highest BCUT2D eigenvalue weighted by Crippen LogP contribution is 2.38. The van der Waals surface area contributed by atoms with Gasteiger partial charge in [-0.15, -0.1) is 0 Å². The van der Waals surface area contributed by atoms with Gasteiger partial charge in [0.2, 0.25) is 0 Å². The van der Waals surface area contributed by atoms with Gasteiger partial charge in [-0.2, -0.15) is 8.78 Å². The second-order valence-corrected chi connectivity index (χ2v) is 6.79. The van der Waals surface area contributed by atoms with Crippen molar-refractivity contribution in [1.82, 2.24) is 0 Å². The topological polar surface area (TPSA) is 18.5 Å². The quantitative estimate of drug-likeness (QED) is 0.409. The highest BCUT2D eigenvalue weighted by atomic mass is 35.5. The third-order valence-electron chi connectivity index (χ3n) is 2.98. The Morgan fingerprint density at radius 1 is 0.846 bits per heavy atom. The Bertz CT molecular complexity index is 787. The van der Waals surface area contributed by atoms with Crippen LogP contribution < -0.4 is 9.47 Å². The highest BCUT2D eigenvalue weighted by molar-refractivity contribution is 6.43. The summed E-state index contributed by atoms with van der Waals surface area (Å²) in [5, 5.41) is -0.0697. The molecule has 2 nitrogen and oxygen atoms in total. The van der Waals surface area contributed by atoms with Crippen molar-refractivity contribution in [2.45, 2.75) is 18.5 Å². The minimum absolute atomic E-state index is 0.0406. The van der Waals surface area contributed by atoms with Crippen LogP contribution in [0.15, 0.2) is 36.4 Å². The zero-order valence-corrected chi connectivity index (χ0v) is 15.7. The van der Waals surface area contributed by atoms with Gasteiger partial charge in [-0.05, 0) is 24.3 Å². The fraction of sp³-hybridized carbons (Fsp3) is 0.250. The van der Waals surface area contributed by atoms with E-state index >= 15 is 0 Å². The van der Waals surface area contributed by atoms with E-state index in [-0.39, 0.29) is 25.8 Å². The SMILES string of the molecule is FC(F)(COc1ccc(Cl)c(Cl)c1)CC(F)(F)Oc1cccc(Cl)c1Cl. The van der Waals surface area contributed by atoms with E-state index in [2.05, 4.69) is 4.74 Å². The normalized spacial score (nSPS) is 12.2. The molecule has 0 saturated heterocycles. The largest absolute Gasteiger partial charge is 0.487 e. The molecule has 0 aliphatic rings. The van der Waals surface area contributed by atoms with Crippen LogP contribution in [0.1, 0.15) is 6.42 Å². The summed E-state index contributed by atoms with van der Waals surface area (Å²) in [5.74, 6) is -4.45. The van der Waals surface area contributed by atoms with Crippen LogP contribution in [0.2, 0.25) is 20.1 Å². The fourth-order valence-corrected chi connectivity index (χ4v) is 2.49. The van der Waals surface area contributed by atoms with E-state index in [1.807, 2.05) is 0 Å². The molecule has 0 radical (unpaired) electrons. The van der Waals surface area contributed by atoms with Crippen molar-refractivity contribution in [3.63, 3.8) is 0 Å². The van der Waals surface area contributed by atoms with Crippen molar-refractivity contribution in [3.8, 4) is 11.5 Å². The van der Waals surface area contributed by atoms with Crippen LogP contribution >= 0.6 is 46.4 Å². The lowest BCUT2D eigenvalue weighted by atomic mass is 10.2. The van der Waals surface area contributed by atoms with E-state index in [0.29, 0.717) is 0 Å². The molecule has 0 aromatic heterocycles. The Morgan fingerprint density at radius 2 is 1.54 bits per heavy atom. The molecule has 26 heavy (non-hydrogen) atoms. The predicted molar refractivity (Wildman–Crippen MR) is 93.6 cm³/mol. The first kappa shape index (κ1) is 21.2. The molecule has 142 valence electrons. The molecule has 0 unspecified atom stereocenters. The maximum absolute atomic E-state index is 13.9. The van der Waals surface area contributed by atoms with Gasteiger partial charge in [0.15, 0.2) is 6.61 Å². The number of alkyl halides is 4. The summed E-state index contributed by atoms with van der Waals surface area (Å²) in [6.07, 6.45) is -6.14. The zero-order valence-electron chi connectivity index (χ0n) is 12.7. The molecule has 10 heteroatoms. The maximum Gasteiger partial charge on any atom is 0.403 e. The monoisotopic (exact) mass is 450 g/mol. The number of rotatable bonds is 7. The van der Waals surface area contributed by atoms with Gasteiger partial charge in [0.25, 0.3) is 5.92 Å². The molecule has 0 bridgehead atoms. The van der Waals surface area contributed by atoms with Crippen LogP contribution in [-0.4, -0.2) is 18.6 Å². The van der Waals surface area contributed by atoms with Gasteiger partial charge in [0.1, 0.15) is 22.9 Å². The lowest BCUT2D eigenvalue weighted by molar-refractivity contribution is -0.225. The molecule has 0 saturated carbocycles. The van der Waals surface area contributed by atoms with E-state index in [4.69, 9.17) is 51.1 Å². The van der Waals surface area contributed by atoms with Crippen LogP contribution in [0.5, 0.6) is 11.5 Å². The first-order chi connectivity index (χ1) is 12.0. The van der Waals surface area contributed by atoms with Crippen molar-refractivity contribution in [3.05, 3.63) is 56.5 Å². The Hall–Kier alpha value is -1.08. The van der Waals surface area contributed by atoms with E-state index in [1.165, 1.54) is 30.3 Å².